The molecule has 12 heteroatoms. The summed E-state index contributed by atoms with van der Waals surface area (Å²) >= 11 is 24.9. The fraction of sp³-hybridized carbons (Fsp3) is 0.259. The second-order valence-electron chi connectivity index (χ2n) is 8.64. The number of hydrogen-bond donors (Lipinski definition) is 1. The third-order valence-electron chi connectivity index (χ3n) is 5.86. The van der Waals surface area contributed by atoms with E-state index in [0.29, 0.717) is 33.6 Å². The lowest BCUT2D eigenvalue weighted by Crippen LogP contribution is -2.51. The van der Waals surface area contributed by atoms with Gasteiger partial charge in [-0.1, -0.05) is 77.6 Å². The van der Waals surface area contributed by atoms with Crippen LogP contribution in [-0.2, 0) is 26.2 Å². The largest absolute Gasteiger partial charge is 0.354 e. The number of nitrogens with zero attached hydrogens (tertiary/aromatic N) is 2. The zero-order valence-electron chi connectivity index (χ0n) is 21.2. The summed E-state index contributed by atoms with van der Waals surface area (Å²) in [5, 5.41) is 3.83. The number of benzene rings is 3. The number of rotatable bonds is 11. The fourth-order valence-electron chi connectivity index (χ4n) is 3.73. The van der Waals surface area contributed by atoms with E-state index in [9.17, 15) is 18.0 Å². The predicted molar refractivity (Wildman–Crippen MR) is 157 cm³/mol. The molecule has 0 bridgehead atoms. The van der Waals surface area contributed by atoms with Gasteiger partial charge in [0.25, 0.3) is 10.0 Å². The molecule has 208 valence electrons. The van der Waals surface area contributed by atoms with Crippen molar-refractivity contribution in [1.82, 2.24) is 10.2 Å². The lowest BCUT2D eigenvalue weighted by molar-refractivity contribution is -0.139. The quantitative estimate of drug-likeness (QED) is 0.264. The number of hydrogen-bond acceptors (Lipinski definition) is 4. The van der Waals surface area contributed by atoms with Crippen LogP contribution < -0.4 is 9.62 Å². The molecule has 0 saturated carbocycles. The summed E-state index contributed by atoms with van der Waals surface area (Å²) in [7, 11) is -4.25. The van der Waals surface area contributed by atoms with E-state index < -0.39 is 34.4 Å². The van der Waals surface area contributed by atoms with Crippen molar-refractivity contribution in [3.8, 4) is 0 Å². The molecule has 7 nitrogen and oxygen atoms in total. The molecule has 1 atom stereocenters. The highest BCUT2D eigenvalue weighted by atomic mass is 35.5. The van der Waals surface area contributed by atoms with Gasteiger partial charge in [0.15, 0.2) is 0 Å². The number of sulfonamides is 1. The van der Waals surface area contributed by atoms with E-state index in [1.165, 1.54) is 41.3 Å². The standard InChI is InChI=1S/C27H27Cl4N3O4S/c1-3-13-32-27(36)18(2)33(16-19-9-10-20(28)14-23(19)30)26(35)17-34(25-12-11-21(29)15-24(25)31)39(37,38)22-7-5-4-6-8-22/h4-12,14-15,18H,3,13,16-17H2,1-2H3,(H,32,36)/t18-/m0/s1. The fourth-order valence-corrected chi connectivity index (χ4v) is 6.21. The summed E-state index contributed by atoms with van der Waals surface area (Å²) in [5.41, 5.74) is 0.595. The van der Waals surface area contributed by atoms with Gasteiger partial charge in [-0.2, -0.15) is 0 Å². The lowest BCUT2D eigenvalue weighted by atomic mass is 10.1. The maximum absolute atomic E-state index is 13.9. The van der Waals surface area contributed by atoms with Crippen LogP contribution in [0.5, 0.6) is 0 Å². The van der Waals surface area contributed by atoms with Gasteiger partial charge in [0.05, 0.1) is 15.6 Å². The Kier molecular flexibility index (Phi) is 10.9. The van der Waals surface area contributed by atoms with Crippen LogP contribution in [0.4, 0.5) is 5.69 Å². The van der Waals surface area contributed by atoms with Crippen LogP contribution in [-0.4, -0.2) is 44.3 Å². The van der Waals surface area contributed by atoms with Crippen molar-refractivity contribution in [2.45, 2.75) is 37.8 Å². The van der Waals surface area contributed by atoms with Crippen LogP contribution in [0.1, 0.15) is 25.8 Å². The van der Waals surface area contributed by atoms with Gasteiger partial charge in [-0.3, -0.25) is 13.9 Å². The van der Waals surface area contributed by atoms with Crippen molar-refractivity contribution in [2.24, 2.45) is 0 Å². The Hall–Kier alpha value is -2.49. The highest BCUT2D eigenvalue weighted by Crippen LogP contribution is 2.33. The third kappa shape index (κ3) is 7.80. The van der Waals surface area contributed by atoms with Crippen LogP contribution in [0, 0.1) is 0 Å². The zero-order chi connectivity index (χ0) is 28.7. The number of amides is 2. The number of nitrogens with one attached hydrogen (secondary N) is 1. The monoisotopic (exact) mass is 629 g/mol. The molecule has 0 spiro atoms. The van der Waals surface area contributed by atoms with Crippen molar-refractivity contribution in [1.29, 1.82) is 0 Å². The first kappa shape index (κ1) is 31.0. The Balaban J connectivity index is 2.06. The number of carbonyl (C=O) groups is 2. The van der Waals surface area contributed by atoms with E-state index in [0.717, 1.165) is 4.31 Å². The second-order valence-corrected chi connectivity index (χ2v) is 12.2. The molecule has 3 aromatic carbocycles. The van der Waals surface area contributed by atoms with Gasteiger partial charge in [0.1, 0.15) is 12.6 Å². The van der Waals surface area contributed by atoms with Crippen molar-refractivity contribution in [3.05, 3.63) is 92.4 Å². The van der Waals surface area contributed by atoms with Gasteiger partial charge < -0.3 is 10.2 Å². The lowest BCUT2D eigenvalue weighted by Gasteiger charge is -2.32. The zero-order valence-corrected chi connectivity index (χ0v) is 25.0. The van der Waals surface area contributed by atoms with E-state index in [1.54, 1.807) is 37.3 Å². The predicted octanol–water partition coefficient (Wildman–Crippen LogP) is 6.44. The van der Waals surface area contributed by atoms with Crippen molar-refractivity contribution in [3.63, 3.8) is 0 Å². The molecule has 0 aromatic heterocycles. The first-order valence-corrected chi connectivity index (χ1v) is 14.9. The Morgan fingerprint density at radius 3 is 2.10 bits per heavy atom. The maximum Gasteiger partial charge on any atom is 0.264 e. The van der Waals surface area contributed by atoms with Crippen molar-refractivity contribution >= 4 is 73.9 Å². The van der Waals surface area contributed by atoms with Gasteiger partial charge in [-0.15, -0.1) is 0 Å². The van der Waals surface area contributed by atoms with Gasteiger partial charge in [0, 0.05) is 28.2 Å². The van der Waals surface area contributed by atoms with Crippen LogP contribution in [0.3, 0.4) is 0 Å². The molecule has 0 fully saturated rings. The van der Waals surface area contributed by atoms with Gasteiger partial charge >= 0.3 is 0 Å². The molecule has 0 aliphatic heterocycles. The summed E-state index contributed by atoms with van der Waals surface area (Å²) in [6.07, 6.45) is 0.702. The first-order valence-electron chi connectivity index (χ1n) is 12.0. The smallest absolute Gasteiger partial charge is 0.264 e. The minimum absolute atomic E-state index is 0.0372. The highest BCUT2D eigenvalue weighted by molar-refractivity contribution is 7.92. The molecule has 0 radical (unpaired) electrons. The molecule has 39 heavy (non-hydrogen) atoms. The summed E-state index contributed by atoms with van der Waals surface area (Å²) < 4.78 is 28.5. The Labute approximate surface area is 248 Å². The second kappa shape index (κ2) is 13.7. The molecule has 3 aromatic rings. The van der Waals surface area contributed by atoms with Crippen molar-refractivity contribution in [2.75, 3.05) is 17.4 Å². The summed E-state index contributed by atoms with van der Waals surface area (Å²) in [6.45, 7) is 3.18. The Morgan fingerprint density at radius 2 is 1.51 bits per heavy atom. The van der Waals surface area contributed by atoms with Crippen molar-refractivity contribution < 1.29 is 18.0 Å². The molecular formula is C27H27Cl4N3O4S. The van der Waals surface area contributed by atoms with E-state index in [4.69, 9.17) is 46.4 Å². The number of halogens is 4. The van der Waals surface area contributed by atoms with Crippen LogP contribution in [0.25, 0.3) is 0 Å². The molecule has 0 saturated heterocycles. The maximum atomic E-state index is 13.9. The molecule has 2 amide bonds. The van der Waals surface area contributed by atoms with Crippen LogP contribution in [0.15, 0.2) is 71.6 Å². The topological polar surface area (TPSA) is 86.8 Å². The molecule has 0 heterocycles. The molecular weight excluding hydrogens is 604 g/mol. The minimum Gasteiger partial charge on any atom is -0.354 e. The summed E-state index contributed by atoms with van der Waals surface area (Å²) in [6, 6.07) is 15.8. The van der Waals surface area contributed by atoms with E-state index in [2.05, 4.69) is 5.32 Å². The molecule has 0 aliphatic carbocycles. The highest BCUT2D eigenvalue weighted by Gasteiger charge is 2.33. The van der Waals surface area contributed by atoms with Crippen LogP contribution in [0.2, 0.25) is 20.1 Å². The SMILES string of the molecule is CCCNC(=O)[C@H](C)N(Cc1ccc(Cl)cc1Cl)C(=O)CN(c1ccc(Cl)cc1Cl)S(=O)(=O)c1ccccc1. The average molecular weight is 631 g/mol. The molecule has 0 unspecified atom stereocenters. The van der Waals surface area contributed by atoms with E-state index in [1.807, 2.05) is 6.92 Å². The van der Waals surface area contributed by atoms with Gasteiger partial charge in [0.2, 0.25) is 11.8 Å². The summed E-state index contributed by atoms with van der Waals surface area (Å²) in [4.78, 5) is 28.0. The van der Waals surface area contributed by atoms with E-state index in [-0.39, 0.29) is 22.2 Å². The van der Waals surface area contributed by atoms with E-state index >= 15 is 0 Å². The Morgan fingerprint density at radius 1 is 0.897 bits per heavy atom. The molecule has 3 rings (SSSR count). The molecule has 0 aliphatic rings. The molecule has 1 N–H and O–H groups in total. The van der Waals surface area contributed by atoms with Crippen LogP contribution >= 0.6 is 46.4 Å². The number of carbonyl (C=O) groups excluding carboxylic acids is 2. The normalized spacial score (nSPS) is 12.1. The third-order valence-corrected chi connectivity index (χ3v) is 8.76. The summed E-state index contributed by atoms with van der Waals surface area (Å²) in [5.74, 6) is -1.04. The van der Waals surface area contributed by atoms with Gasteiger partial charge in [-0.25, -0.2) is 8.42 Å². The Bertz CT molecular complexity index is 1440. The number of anilines is 1. The minimum atomic E-state index is -4.25. The first-order chi connectivity index (χ1) is 18.4. The van der Waals surface area contributed by atoms with Gasteiger partial charge in [-0.05, 0) is 61.4 Å². The average Bonchev–Trinajstić information content (AvgIpc) is 2.90.